The summed E-state index contributed by atoms with van der Waals surface area (Å²) in [5.74, 6) is 2.24. The summed E-state index contributed by atoms with van der Waals surface area (Å²) in [5, 5.41) is 11.4. The van der Waals surface area contributed by atoms with E-state index >= 15 is 0 Å². The molecule has 92 valence electrons. The van der Waals surface area contributed by atoms with Crippen molar-refractivity contribution in [2.24, 2.45) is 17.8 Å². The maximum atomic E-state index is 11.7. The molecule has 2 saturated carbocycles. The van der Waals surface area contributed by atoms with Crippen molar-refractivity contribution in [1.29, 1.82) is 0 Å². The van der Waals surface area contributed by atoms with E-state index in [9.17, 15) is 4.79 Å². The summed E-state index contributed by atoms with van der Waals surface area (Å²) in [7, 11) is 0. The normalized spacial score (nSPS) is 31.2. The third-order valence-electron chi connectivity index (χ3n) is 3.61. The van der Waals surface area contributed by atoms with Gasteiger partial charge in [-0.25, -0.2) is 0 Å². The third-order valence-corrected chi connectivity index (χ3v) is 3.61. The molecule has 0 radical (unpaired) electrons. The lowest BCUT2D eigenvalue weighted by Crippen LogP contribution is -2.31. The molecule has 2 unspecified atom stereocenters. The molecule has 1 amide bonds. The van der Waals surface area contributed by atoms with Crippen LogP contribution in [-0.4, -0.2) is 37.4 Å². The van der Waals surface area contributed by atoms with E-state index in [2.05, 4.69) is 5.32 Å². The van der Waals surface area contributed by atoms with Gasteiger partial charge in [-0.05, 0) is 37.5 Å². The number of carbonyl (C=O) groups excluding carboxylic acids is 1. The number of hydrogen-bond donors (Lipinski definition) is 2. The van der Waals surface area contributed by atoms with Crippen LogP contribution >= 0.6 is 0 Å². The van der Waals surface area contributed by atoms with Crippen LogP contribution in [0.5, 0.6) is 0 Å². The minimum Gasteiger partial charge on any atom is -0.394 e. The van der Waals surface area contributed by atoms with Crippen molar-refractivity contribution in [1.82, 2.24) is 5.32 Å². The van der Waals surface area contributed by atoms with Crippen LogP contribution in [0.2, 0.25) is 0 Å². The maximum Gasteiger partial charge on any atom is 0.223 e. The fraction of sp³-hybridized carbons (Fsp3) is 0.917. The van der Waals surface area contributed by atoms with Crippen molar-refractivity contribution in [3.05, 3.63) is 0 Å². The van der Waals surface area contributed by atoms with Gasteiger partial charge in [0.2, 0.25) is 5.91 Å². The molecular formula is C12H21NO3. The van der Waals surface area contributed by atoms with Gasteiger partial charge in [-0.3, -0.25) is 4.79 Å². The number of ether oxygens (including phenoxy) is 1. The largest absolute Gasteiger partial charge is 0.394 e. The average molecular weight is 227 g/mol. The average Bonchev–Trinajstić information content (AvgIpc) is 2.90. The molecule has 0 heterocycles. The molecule has 0 aromatic heterocycles. The molecule has 0 spiro atoms. The van der Waals surface area contributed by atoms with E-state index in [1.807, 2.05) is 0 Å². The van der Waals surface area contributed by atoms with E-state index in [0.29, 0.717) is 19.8 Å². The number of nitrogens with one attached hydrogen (secondary N) is 1. The number of aliphatic hydroxyl groups is 1. The standard InChI is InChI=1S/C12H21NO3/c14-3-5-16-4-1-2-13-12(15)11-7-9-6-10(9)8-11/h9-11,14H,1-8H2,(H,13,15). The highest BCUT2D eigenvalue weighted by Crippen LogP contribution is 2.54. The molecule has 2 N–H and O–H groups in total. The van der Waals surface area contributed by atoms with Crippen molar-refractivity contribution in [2.45, 2.75) is 25.7 Å². The summed E-state index contributed by atoms with van der Waals surface area (Å²) in [5.41, 5.74) is 0. The molecule has 4 heteroatoms. The molecule has 2 fully saturated rings. The van der Waals surface area contributed by atoms with Crippen LogP contribution in [0.3, 0.4) is 0 Å². The smallest absolute Gasteiger partial charge is 0.223 e. The van der Waals surface area contributed by atoms with Crippen LogP contribution in [0.25, 0.3) is 0 Å². The van der Waals surface area contributed by atoms with Crippen molar-refractivity contribution >= 4 is 5.91 Å². The lowest BCUT2D eigenvalue weighted by atomic mass is 10.0. The van der Waals surface area contributed by atoms with E-state index in [0.717, 1.165) is 31.1 Å². The first-order valence-corrected chi connectivity index (χ1v) is 6.27. The number of aliphatic hydroxyl groups excluding tert-OH is 1. The van der Waals surface area contributed by atoms with E-state index in [4.69, 9.17) is 9.84 Å². The summed E-state index contributed by atoms with van der Waals surface area (Å²) in [6.45, 7) is 1.75. The van der Waals surface area contributed by atoms with Crippen LogP contribution in [0, 0.1) is 17.8 Å². The predicted molar refractivity (Wildman–Crippen MR) is 59.9 cm³/mol. The quantitative estimate of drug-likeness (QED) is 0.624. The molecule has 2 atom stereocenters. The lowest BCUT2D eigenvalue weighted by Gasteiger charge is -2.12. The summed E-state index contributed by atoms with van der Waals surface area (Å²) in [6, 6.07) is 0. The summed E-state index contributed by atoms with van der Waals surface area (Å²) in [4.78, 5) is 11.7. The van der Waals surface area contributed by atoms with E-state index in [1.54, 1.807) is 0 Å². The van der Waals surface area contributed by atoms with Crippen LogP contribution in [0.15, 0.2) is 0 Å². The summed E-state index contributed by atoms with van der Waals surface area (Å²) in [6.07, 6.45) is 4.40. The Morgan fingerprint density at radius 2 is 2.00 bits per heavy atom. The van der Waals surface area contributed by atoms with Crippen molar-refractivity contribution < 1.29 is 14.6 Å². The molecule has 2 aliphatic carbocycles. The number of carbonyl (C=O) groups is 1. The number of amides is 1. The van der Waals surface area contributed by atoms with Gasteiger partial charge in [-0.15, -0.1) is 0 Å². The predicted octanol–water partition coefficient (Wildman–Crippen LogP) is 0.548. The molecule has 0 aromatic carbocycles. The fourth-order valence-corrected chi connectivity index (χ4v) is 2.63. The molecule has 0 aliphatic heterocycles. The SMILES string of the molecule is O=C(NCCCOCCO)C1CC2CC2C1. The van der Waals surface area contributed by atoms with E-state index in [-0.39, 0.29) is 18.4 Å². The topological polar surface area (TPSA) is 58.6 Å². The second kappa shape index (κ2) is 5.64. The molecule has 4 nitrogen and oxygen atoms in total. The lowest BCUT2D eigenvalue weighted by molar-refractivity contribution is -0.125. The van der Waals surface area contributed by atoms with E-state index < -0.39 is 0 Å². The van der Waals surface area contributed by atoms with Gasteiger partial charge in [-0.2, -0.15) is 0 Å². The van der Waals surface area contributed by atoms with Crippen LogP contribution < -0.4 is 5.32 Å². The van der Waals surface area contributed by atoms with E-state index in [1.165, 1.54) is 6.42 Å². The Morgan fingerprint density at radius 3 is 2.69 bits per heavy atom. The molecular weight excluding hydrogens is 206 g/mol. The monoisotopic (exact) mass is 227 g/mol. The van der Waals surface area contributed by atoms with Gasteiger partial charge in [0.05, 0.1) is 13.2 Å². The first-order chi connectivity index (χ1) is 7.81. The van der Waals surface area contributed by atoms with Crippen LogP contribution in [-0.2, 0) is 9.53 Å². The van der Waals surface area contributed by atoms with Gasteiger partial charge in [0.25, 0.3) is 0 Å². The molecule has 16 heavy (non-hydrogen) atoms. The third kappa shape index (κ3) is 3.19. The zero-order chi connectivity index (χ0) is 11.4. The maximum absolute atomic E-state index is 11.7. The molecule has 0 aromatic rings. The minimum atomic E-state index is 0.0667. The highest BCUT2D eigenvalue weighted by molar-refractivity contribution is 5.79. The fourth-order valence-electron chi connectivity index (χ4n) is 2.63. The zero-order valence-corrected chi connectivity index (χ0v) is 9.65. The Morgan fingerprint density at radius 1 is 1.25 bits per heavy atom. The Hall–Kier alpha value is -0.610. The van der Waals surface area contributed by atoms with Crippen LogP contribution in [0.4, 0.5) is 0 Å². The summed E-state index contributed by atoms with van der Waals surface area (Å²) >= 11 is 0. The van der Waals surface area contributed by atoms with Crippen molar-refractivity contribution in [2.75, 3.05) is 26.4 Å². The van der Waals surface area contributed by atoms with Crippen LogP contribution in [0.1, 0.15) is 25.7 Å². The molecule has 2 aliphatic rings. The molecule has 0 bridgehead atoms. The first-order valence-electron chi connectivity index (χ1n) is 6.27. The Bertz CT molecular complexity index is 234. The zero-order valence-electron chi connectivity index (χ0n) is 9.65. The number of hydrogen-bond acceptors (Lipinski definition) is 3. The number of rotatable bonds is 7. The van der Waals surface area contributed by atoms with Gasteiger partial charge in [-0.1, -0.05) is 0 Å². The van der Waals surface area contributed by atoms with Crippen molar-refractivity contribution in [3.8, 4) is 0 Å². The van der Waals surface area contributed by atoms with Gasteiger partial charge in [0.1, 0.15) is 0 Å². The Kier molecular flexibility index (Phi) is 4.18. The second-order valence-electron chi connectivity index (χ2n) is 4.90. The Balaban J connectivity index is 1.48. The van der Waals surface area contributed by atoms with Gasteiger partial charge in [0, 0.05) is 19.1 Å². The van der Waals surface area contributed by atoms with Crippen molar-refractivity contribution in [3.63, 3.8) is 0 Å². The summed E-state index contributed by atoms with van der Waals surface area (Å²) < 4.78 is 5.11. The number of fused-ring (bicyclic) bond motifs is 1. The Labute approximate surface area is 96.4 Å². The highest BCUT2D eigenvalue weighted by Gasteiger charge is 2.47. The molecule has 2 rings (SSSR count). The van der Waals surface area contributed by atoms with Gasteiger partial charge in [0.15, 0.2) is 0 Å². The van der Waals surface area contributed by atoms with Gasteiger partial charge < -0.3 is 15.2 Å². The second-order valence-corrected chi connectivity index (χ2v) is 4.90. The first kappa shape index (κ1) is 11.9. The minimum absolute atomic E-state index is 0.0667. The highest BCUT2D eigenvalue weighted by atomic mass is 16.5. The molecule has 0 saturated heterocycles. The van der Waals surface area contributed by atoms with Gasteiger partial charge >= 0.3 is 0 Å².